The molecule has 0 aliphatic rings. The molecule has 1 rings (SSSR count). The van der Waals surface area contributed by atoms with Gasteiger partial charge in [-0.05, 0) is 30.0 Å². The largest absolute Gasteiger partial charge is 0.477 e. The van der Waals surface area contributed by atoms with Crippen molar-refractivity contribution in [3.63, 3.8) is 0 Å². The van der Waals surface area contributed by atoms with Gasteiger partial charge in [0.1, 0.15) is 5.71 Å². The Balaban J connectivity index is 2.79. The number of hydrogen-bond donors (Lipinski definition) is 2. The molecule has 0 unspecified atom stereocenters. The minimum atomic E-state index is -1.16. The average molecular weight is 262 g/mol. The van der Waals surface area contributed by atoms with E-state index in [0.29, 0.717) is 5.56 Å². The van der Waals surface area contributed by atoms with Crippen molar-refractivity contribution in [3.8, 4) is 0 Å². The van der Waals surface area contributed by atoms with Crippen LogP contribution in [0.1, 0.15) is 43.6 Å². The second-order valence-corrected chi connectivity index (χ2v) is 5.27. The number of carboxylic acid groups (broad SMARTS) is 1. The molecule has 2 N–H and O–H groups in total. The second-order valence-electron chi connectivity index (χ2n) is 5.27. The molecular weight excluding hydrogens is 244 g/mol. The molecule has 1 aromatic carbocycles. The molecule has 1 amide bonds. The molecule has 0 spiro atoms. The van der Waals surface area contributed by atoms with E-state index in [0.717, 1.165) is 5.56 Å². The lowest BCUT2D eigenvalue weighted by Gasteiger charge is -2.18. The maximum Gasteiger partial charge on any atom is 0.351 e. The highest BCUT2D eigenvalue weighted by Crippen LogP contribution is 2.22. The molecule has 5 nitrogen and oxygen atoms in total. The predicted molar refractivity (Wildman–Crippen MR) is 73.4 cm³/mol. The molecule has 0 saturated heterocycles. The predicted octanol–water partition coefficient (Wildman–Crippen LogP) is 2.17. The van der Waals surface area contributed by atoms with Crippen LogP contribution in [0.3, 0.4) is 0 Å². The van der Waals surface area contributed by atoms with Crippen LogP contribution in [0.2, 0.25) is 0 Å². The zero-order valence-electron chi connectivity index (χ0n) is 11.5. The molecular formula is C14H18N2O3. The van der Waals surface area contributed by atoms with Gasteiger partial charge in [0.05, 0.1) is 0 Å². The smallest absolute Gasteiger partial charge is 0.351 e. The molecule has 0 atom stereocenters. The summed E-state index contributed by atoms with van der Waals surface area (Å²) in [6, 6.07) is 7.15. The number of rotatable bonds is 3. The maximum atomic E-state index is 11.7. The molecule has 5 heteroatoms. The quantitative estimate of drug-likeness (QED) is 0.647. The minimum Gasteiger partial charge on any atom is -0.477 e. The number of hydrazone groups is 1. The fourth-order valence-electron chi connectivity index (χ4n) is 1.37. The second kappa shape index (κ2) is 5.65. The Labute approximate surface area is 112 Å². The van der Waals surface area contributed by atoms with Crippen molar-refractivity contribution in [2.75, 3.05) is 0 Å². The van der Waals surface area contributed by atoms with Gasteiger partial charge in [0, 0.05) is 5.56 Å². The SMILES string of the molecule is C/C(=N\NC(=O)c1ccc(C(C)(C)C)cc1)C(=O)O. The molecule has 0 aliphatic heterocycles. The third-order valence-electron chi connectivity index (χ3n) is 2.65. The molecule has 0 fully saturated rings. The van der Waals surface area contributed by atoms with Crippen LogP contribution in [-0.4, -0.2) is 22.7 Å². The summed E-state index contributed by atoms with van der Waals surface area (Å²) in [4.78, 5) is 22.2. The van der Waals surface area contributed by atoms with Gasteiger partial charge in [-0.15, -0.1) is 0 Å². The number of benzene rings is 1. The highest BCUT2D eigenvalue weighted by atomic mass is 16.4. The summed E-state index contributed by atoms with van der Waals surface area (Å²) in [5, 5.41) is 12.1. The Morgan fingerprint density at radius 3 is 2.11 bits per heavy atom. The Morgan fingerprint density at radius 1 is 1.16 bits per heavy atom. The van der Waals surface area contributed by atoms with Gasteiger partial charge in [-0.25, -0.2) is 10.2 Å². The van der Waals surface area contributed by atoms with Crippen LogP contribution in [0.25, 0.3) is 0 Å². The summed E-state index contributed by atoms with van der Waals surface area (Å²) in [5.74, 6) is -1.59. The van der Waals surface area contributed by atoms with Crippen LogP contribution >= 0.6 is 0 Å². The minimum absolute atomic E-state index is 0.0209. The Hall–Kier alpha value is -2.17. The highest BCUT2D eigenvalue weighted by molar-refractivity contribution is 6.34. The van der Waals surface area contributed by atoms with Crippen molar-refractivity contribution in [2.45, 2.75) is 33.1 Å². The van der Waals surface area contributed by atoms with Gasteiger partial charge in [0.2, 0.25) is 0 Å². The maximum absolute atomic E-state index is 11.7. The molecule has 102 valence electrons. The summed E-state index contributed by atoms with van der Waals surface area (Å²) < 4.78 is 0. The molecule has 0 bridgehead atoms. The van der Waals surface area contributed by atoms with Gasteiger partial charge in [-0.2, -0.15) is 5.10 Å². The van der Waals surface area contributed by atoms with Crippen molar-refractivity contribution >= 4 is 17.6 Å². The topological polar surface area (TPSA) is 78.8 Å². The Bertz CT molecular complexity index is 510. The summed E-state index contributed by atoms with van der Waals surface area (Å²) in [7, 11) is 0. The van der Waals surface area contributed by atoms with Crippen LogP contribution in [0, 0.1) is 0 Å². The van der Waals surface area contributed by atoms with Crippen molar-refractivity contribution < 1.29 is 14.7 Å². The lowest BCUT2D eigenvalue weighted by atomic mass is 9.87. The van der Waals surface area contributed by atoms with E-state index in [1.807, 2.05) is 12.1 Å². The van der Waals surface area contributed by atoms with Gasteiger partial charge in [-0.3, -0.25) is 4.79 Å². The first-order valence-corrected chi connectivity index (χ1v) is 5.90. The molecule has 0 aromatic heterocycles. The standard InChI is InChI=1S/C14H18N2O3/c1-9(13(18)19)15-16-12(17)10-5-7-11(8-6-10)14(2,3)4/h5-8H,1-4H3,(H,16,17)(H,18,19)/b15-9+. The third kappa shape index (κ3) is 4.21. The fraction of sp³-hybridized carbons (Fsp3) is 0.357. The zero-order valence-corrected chi connectivity index (χ0v) is 11.5. The molecule has 0 saturated carbocycles. The van der Waals surface area contributed by atoms with E-state index < -0.39 is 11.9 Å². The van der Waals surface area contributed by atoms with Crippen LogP contribution in [0.4, 0.5) is 0 Å². The highest BCUT2D eigenvalue weighted by Gasteiger charge is 2.14. The number of aliphatic carboxylic acids is 1. The number of nitrogens with one attached hydrogen (secondary N) is 1. The van der Waals surface area contributed by atoms with E-state index in [4.69, 9.17) is 5.11 Å². The van der Waals surface area contributed by atoms with Gasteiger partial charge >= 0.3 is 5.97 Å². The van der Waals surface area contributed by atoms with E-state index in [9.17, 15) is 9.59 Å². The summed E-state index contributed by atoms with van der Waals surface area (Å²) in [6.07, 6.45) is 0. The van der Waals surface area contributed by atoms with Crippen LogP contribution < -0.4 is 5.43 Å². The normalized spacial score (nSPS) is 12.1. The number of hydrogen-bond acceptors (Lipinski definition) is 3. The zero-order chi connectivity index (χ0) is 14.6. The Kier molecular flexibility index (Phi) is 4.43. The van der Waals surface area contributed by atoms with Gasteiger partial charge in [0.25, 0.3) is 5.91 Å². The van der Waals surface area contributed by atoms with E-state index in [1.165, 1.54) is 6.92 Å². The molecule has 0 radical (unpaired) electrons. The van der Waals surface area contributed by atoms with E-state index in [-0.39, 0.29) is 11.1 Å². The number of carbonyl (C=O) groups is 2. The number of nitrogens with zero attached hydrogens (tertiary/aromatic N) is 1. The molecule has 1 aromatic rings. The third-order valence-corrected chi connectivity index (χ3v) is 2.65. The number of carboxylic acids is 1. The summed E-state index contributed by atoms with van der Waals surface area (Å²) >= 11 is 0. The van der Waals surface area contributed by atoms with Crippen LogP contribution in [-0.2, 0) is 10.2 Å². The number of amides is 1. The molecule has 0 heterocycles. The summed E-state index contributed by atoms with van der Waals surface area (Å²) in [5.41, 5.74) is 3.62. The average Bonchev–Trinajstić information content (AvgIpc) is 2.34. The first-order chi connectivity index (χ1) is 8.71. The fourth-order valence-corrected chi connectivity index (χ4v) is 1.37. The first-order valence-electron chi connectivity index (χ1n) is 5.90. The lowest BCUT2D eigenvalue weighted by molar-refractivity contribution is -0.129. The van der Waals surface area contributed by atoms with E-state index in [2.05, 4.69) is 31.3 Å². The van der Waals surface area contributed by atoms with Crippen LogP contribution in [0.5, 0.6) is 0 Å². The van der Waals surface area contributed by atoms with Gasteiger partial charge in [0.15, 0.2) is 0 Å². The van der Waals surface area contributed by atoms with Crippen molar-refractivity contribution in [1.82, 2.24) is 5.43 Å². The van der Waals surface area contributed by atoms with Crippen molar-refractivity contribution in [1.29, 1.82) is 0 Å². The monoisotopic (exact) mass is 262 g/mol. The van der Waals surface area contributed by atoms with E-state index >= 15 is 0 Å². The van der Waals surface area contributed by atoms with Gasteiger partial charge in [-0.1, -0.05) is 32.9 Å². The molecule has 19 heavy (non-hydrogen) atoms. The first kappa shape index (κ1) is 14.9. The van der Waals surface area contributed by atoms with Crippen LogP contribution in [0.15, 0.2) is 29.4 Å². The number of carbonyl (C=O) groups excluding carboxylic acids is 1. The van der Waals surface area contributed by atoms with E-state index in [1.54, 1.807) is 12.1 Å². The summed E-state index contributed by atoms with van der Waals surface area (Å²) in [6.45, 7) is 7.57. The lowest BCUT2D eigenvalue weighted by Crippen LogP contribution is -2.22. The van der Waals surface area contributed by atoms with Gasteiger partial charge < -0.3 is 5.11 Å². The molecule has 0 aliphatic carbocycles. The Morgan fingerprint density at radius 2 is 1.68 bits per heavy atom. The van der Waals surface area contributed by atoms with Crippen molar-refractivity contribution in [3.05, 3.63) is 35.4 Å². The van der Waals surface area contributed by atoms with Crippen molar-refractivity contribution in [2.24, 2.45) is 5.10 Å².